The number of fused-ring (bicyclic) bond motifs is 1. The van der Waals surface area contributed by atoms with Gasteiger partial charge in [-0.25, -0.2) is 4.79 Å². The lowest BCUT2D eigenvalue weighted by Gasteiger charge is -2.34. The third kappa shape index (κ3) is 2.82. The van der Waals surface area contributed by atoms with Gasteiger partial charge in [0.05, 0.1) is 12.7 Å². The number of hydrogen-bond acceptors (Lipinski definition) is 3. The van der Waals surface area contributed by atoms with Crippen LogP contribution in [0.15, 0.2) is 48.5 Å². The summed E-state index contributed by atoms with van der Waals surface area (Å²) < 4.78 is 4.81. The normalized spacial score (nSPS) is 22.1. The number of hydrogen-bond donors (Lipinski definition) is 0. The molecule has 4 heteroatoms. The molecule has 4 rings (SSSR count). The second-order valence-corrected chi connectivity index (χ2v) is 7.14. The highest BCUT2D eigenvalue weighted by atomic mass is 16.5. The lowest BCUT2D eigenvalue weighted by molar-refractivity contribution is -0.117. The van der Waals surface area contributed by atoms with Crippen molar-refractivity contribution in [1.82, 2.24) is 0 Å². The molecule has 1 amide bonds. The Morgan fingerprint density at radius 2 is 1.88 bits per heavy atom. The first-order valence-corrected chi connectivity index (χ1v) is 8.66. The van der Waals surface area contributed by atoms with E-state index in [1.54, 1.807) is 0 Å². The number of nitrogens with zero attached hydrogens (tertiary/aromatic N) is 1. The van der Waals surface area contributed by atoms with Gasteiger partial charge in [0.15, 0.2) is 0 Å². The summed E-state index contributed by atoms with van der Waals surface area (Å²) in [6, 6.07) is 15.7. The van der Waals surface area contributed by atoms with E-state index in [9.17, 15) is 9.59 Å². The summed E-state index contributed by atoms with van der Waals surface area (Å²) in [5, 5.41) is 0. The smallest absolute Gasteiger partial charge is 0.337 e. The summed E-state index contributed by atoms with van der Waals surface area (Å²) in [6.07, 6.45) is 3.36. The Balaban J connectivity index is 1.58. The third-order valence-corrected chi connectivity index (χ3v) is 5.51. The van der Waals surface area contributed by atoms with Gasteiger partial charge in [-0.1, -0.05) is 24.3 Å². The van der Waals surface area contributed by atoms with Crippen LogP contribution in [-0.4, -0.2) is 25.5 Å². The first kappa shape index (κ1) is 15.9. The summed E-state index contributed by atoms with van der Waals surface area (Å²) >= 11 is 0. The van der Waals surface area contributed by atoms with Crippen molar-refractivity contribution in [3.05, 3.63) is 65.2 Å². The van der Waals surface area contributed by atoms with Crippen molar-refractivity contribution in [1.29, 1.82) is 0 Å². The maximum absolute atomic E-state index is 12.6. The van der Waals surface area contributed by atoms with Gasteiger partial charge in [-0.15, -0.1) is 0 Å². The molecule has 128 valence electrons. The highest BCUT2D eigenvalue weighted by Crippen LogP contribution is 2.44. The topological polar surface area (TPSA) is 46.6 Å². The van der Waals surface area contributed by atoms with Crippen LogP contribution >= 0.6 is 0 Å². The number of carbonyl (C=O) groups excluding carboxylic acids is 2. The molecule has 1 fully saturated rings. The van der Waals surface area contributed by atoms with E-state index < -0.39 is 0 Å². The maximum atomic E-state index is 12.6. The van der Waals surface area contributed by atoms with Gasteiger partial charge in [-0.2, -0.15) is 0 Å². The Hall–Kier alpha value is -2.62. The first-order chi connectivity index (χ1) is 12.1. The fraction of sp³-hybridized carbons (Fsp3) is 0.333. The van der Waals surface area contributed by atoms with Gasteiger partial charge in [-0.05, 0) is 54.7 Å². The molecule has 2 aliphatic rings. The van der Waals surface area contributed by atoms with Gasteiger partial charge in [-0.3, -0.25) is 4.79 Å². The number of esters is 1. The second-order valence-electron chi connectivity index (χ2n) is 7.14. The van der Waals surface area contributed by atoms with E-state index >= 15 is 0 Å². The molecule has 0 saturated carbocycles. The Bertz CT molecular complexity index is 830. The number of ether oxygens (including phenoxy) is 1. The number of benzene rings is 2. The zero-order chi connectivity index (χ0) is 17.4. The molecule has 0 N–H and O–H groups in total. The quantitative estimate of drug-likeness (QED) is 0.791. The Labute approximate surface area is 147 Å². The van der Waals surface area contributed by atoms with Gasteiger partial charge >= 0.3 is 5.97 Å². The Morgan fingerprint density at radius 1 is 1.08 bits per heavy atom. The summed E-state index contributed by atoms with van der Waals surface area (Å²) in [5.41, 5.74) is 4.05. The summed E-state index contributed by atoms with van der Waals surface area (Å²) in [5.74, 6) is -0.0878. The minimum Gasteiger partial charge on any atom is -0.465 e. The molecule has 0 aromatic heterocycles. The van der Waals surface area contributed by atoms with E-state index in [0.29, 0.717) is 12.0 Å². The van der Waals surface area contributed by atoms with E-state index in [1.807, 2.05) is 53.4 Å². The highest BCUT2D eigenvalue weighted by Gasteiger charge is 2.45. The van der Waals surface area contributed by atoms with Crippen LogP contribution in [0.25, 0.3) is 0 Å². The molecular weight excluding hydrogens is 314 g/mol. The second kappa shape index (κ2) is 6.03. The van der Waals surface area contributed by atoms with Gasteiger partial charge in [0.2, 0.25) is 5.91 Å². The lowest BCUT2D eigenvalue weighted by Crippen LogP contribution is -2.33. The molecule has 4 nitrogen and oxygen atoms in total. The van der Waals surface area contributed by atoms with Gasteiger partial charge < -0.3 is 9.64 Å². The number of amides is 1. The molecule has 2 aromatic rings. The molecule has 25 heavy (non-hydrogen) atoms. The van der Waals surface area contributed by atoms with Crippen LogP contribution in [0.5, 0.6) is 0 Å². The molecule has 1 aliphatic heterocycles. The fourth-order valence-corrected chi connectivity index (χ4v) is 4.19. The van der Waals surface area contributed by atoms with Crippen LogP contribution < -0.4 is 4.90 Å². The molecular formula is C21H21NO3. The van der Waals surface area contributed by atoms with Crippen molar-refractivity contribution in [3.63, 3.8) is 0 Å². The van der Waals surface area contributed by atoms with Gasteiger partial charge in [0, 0.05) is 24.1 Å². The Kier molecular flexibility index (Phi) is 3.83. The molecule has 1 aliphatic carbocycles. The van der Waals surface area contributed by atoms with Crippen molar-refractivity contribution in [3.8, 4) is 0 Å². The molecule has 1 heterocycles. The van der Waals surface area contributed by atoms with E-state index in [2.05, 4.69) is 0 Å². The van der Waals surface area contributed by atoms with E-state index in [0.717, 1.165) is 31.5 Å². The van der Waals surface area contributed by atoms with E-state index in [4.69, 9.17) is 4.74 Å². The predicted octanol–water partition coefficient (Wildman–Crippen LogP) is 3.39. The van der Waals surface area contributed by atoms with Crippen LogP contribution in [-0.2, 0) is 22.4 Å². The zero-order valence-electron chi connectivity index (χ0n) is 14.3. The Morgan fingerprint density at radius 3 is 2.64 bits per heavy atom. The van der Waals surface area contributed by atoms with Crippen LogP contribution in [0, 0.1) is 5.41 Å². The lowest BCUT2D eigenvalue weighted by atomic mass is 9.71. The third-order valence-electron chi connectivity index (χ3n) is 5.51. The van der Waals surface area contributed by atoms with E-state index in [-0.39, 0.29) is 17.3 Å². The van der Waals surface area contributed by atoms with Crippen LogP contribution in [0.4, 0.5) is 5.69 Å². The summed E-state index contributed by atoms with van der Waals surface area (Å²) in [7, 11) is 1.40. The minimum atomic E-state index is -0.297. The number of rotatable bonds is 2. The summed E-state index contributed by atoms with van der Waals surface area (Å²) in [6.45, 7) is 0.772. The average Bonchev–Trinajstić information content (AvgIpc) is 2.97. The van der Waals surface area contributed by atoms with Crippen LogP contribution in [0.3, 0.4) is 0 Å². The fourth-order valence-electron chi connectivity index (χ4n) is 4.19. The molecule has 1 spiro atoms. The monoisotopic (exact) mass is 335 g/mol. The van der Waals surface area contributed by atoms with Crippen molar-refractivity contribution in [2.24, 2.45) is 5.41 Å². The molecule has 2 aromatic carbocycles. The van der Waals surface area contributed by atoms with Gasteiger partial charge in [0.25, 0.3) is 0 Å². The first-order valence-electron chi connectivity index (χ1n) is 8.66. The largest absolute Gasteiger partial charge is 0.465 e. The van der Waals surface area contributed by atoms with Crippen molar-refractivity contribution in [2.45, 2.75) is 25.7 Å². The number of aryl methyl sites for hydroxylation is 1. The number of para-hydroxylation sites is 1. The summed E-state index contributed by atoms with van der Waals surface area (Å²) in [4.78, 5) is 26.2. The number of carbonyl (C=O) groups is 2. The molecule has 1 saturated heterocycles. The SMILES string of the molecule is COC(=O)c1ccc2c(c1)CC[C@]1(CC(=O)N(c3ccccc3)C1)C2. The maximum Gasteiger partial charge on any atom is 0.337 e. The van der Waals surface area contributed by atoms with Crippen molar-refractivity contribution < 1.29 is 14.3 Å². The van der Waals surface area contributed by atoms with Crippen molar-refractivity contribution in [2.75, 3.05) is 18.6 Å². The molecule has 0 radical (unpaired) electrons. The number of methoxy groups -OCH3 is 1. The molecule has 1 atom stereocenters. The highest BCUT2D eigenvalue weighted by molar-refractivity contribution is 5.96. The molecule has 0 bridgehead atoms. The number of anilines is 1. The minimum absolute atomic E-state index is 0.00665. The molecule has 0 unspecified atom stereocenters. The van der Waals surface area contributed by atoms with Crippen LogP contribution in [0.2, 0.25) is 0 Å². The van der Waals surface area contributed by atoms with Crippen molar-refractivity contribution >= 4 is 17.6 Å². The van der Waals surface area contributed by atoms with E-state index in [1.165, 1.54) is 18.2 Å². The predicted molar refractivity (Wildman–Crippen MR) is 95.7 cm³/mol. The average molecular weight is 335 g/mol. The zero-order valence-corrected chi connectivity index (χ0v) is 14.3. The van der Waals surface area contributed by atoms with Gasteiger partial charge in [0.1, 0.15) is 0 Å². The standard InChI is InChI=1S/C21H21NO3/c1-25-20(24)16-7-8-17-12-21(10-9-15(17)11-16)13-19(23)22(14-21)18-5-3-2-4-6-18/h2-8,11H,9-10,12-14H2,1H3/t21-/m1/s1. The van der Waals surface area contributed by atoms with Crippen LogP contribution in [0.1, 0.15) is 34.3 Å².